The predicted octanol–water partition coefficient (Wildman–Crippen LogP) is 8.27. The van der Waals surface area contributed by atoms with Crippen molar-refractivity contribution in [3.63, 3.8) is 0 Å². The molecule has 1 aliphatic heterocycles. The number of para-hydroxylation sites is 2. The van der Waals surface area contributed by atoms with E-state index < -0.39 is 0 Å². The number of aromatic amines is 2. The molecule has 7 rings (SSSR count). The van der Waals surface area contributed by atoms with Gasteiger partial charge in [-0.05, 0) is 75.1 Å². The van der Waals surface area contributed by atoms with Gasteiger partial charge in [-0.15, -0.1) is 0 Å². The van der Waals surface area contributed by atoms with Gasteiger partial charge in [0.2, 0.25) is 0 Å². The minimum atomic E-state index is -0.287. The smallest absolute Gasteiger partial charge is 0.143 e. The van der Waals surface area contributed by atoms with E-state index in [0.29, 0.717) is 0 Å². The number of fused-ring (bicyclic) bond motifs is 8. The van der Waals surface area contributed by atoms with Crippen LogP contribution in [0.3, 0.4) is 0 Å². The van der Waals surface area contributed by atoms with Crippen molar-refractivity contribution in [2.45, 2.75) is 45.6 Å². The molecule has 1 atom stereocenters. The van der Waals surface area contributed by atoms with Crippen molar-refractivity contribution < 1.29 is 9.47 Å². The molecule has 0 saturated heterocycles. The first-order valence-electron chi connectivity index (χ1n) is 12.7. The van der Waals surface area contributed by atoms with E-state index in [9.17, 15) is 0 Å². The number of nitrogens with one attached hydrogen (secondary N) is 2. The molecule has 180 valence electrons. The number of rotatable bonds is 2. The fourth-order valence-corrected chi connectivity index (χ4v) is 6.38. The maximum absolute atomic E-state index is 6.68. The third-order valence-electron chi connectivity index (χ3n) is 7.88. The first-order chi connectivity index (χ1) is 17.3. The van der Waals surface area contributed by atoms with Crippen LogP contribution in [0.5, 0.6) is 11.5 Å². The van der Waals surface area contributed by atoms with Crippen LogP contribution in [-0.4, -0.2) is 22.7 Å². The van der Waals surface area contributed by atoms with Crippen LogP contribution in [0.1, 0.15) is 48.4 Å². The van der Waals surface area contributed by atoms with Crippen LogP contribution in [0.15, 0.2) is 60.7 Å². The number of H-pyrrole nitrogens is 2. The normalized spacial score (nSPS) is 17.1. The number of aromatic nitrogens is 2. The Balaban J connectivity index is 1.58. The summed E-state index contributed by atoms with van der Waals surface area (Å²) in [7, 11) is 1.74. The number of ether oxygens (including phenoxy) is 2. The van der Waals surface area contributed by atoms with E-state index >= 15 is 0 Å². The van der Waals surface area contributed by atoms with Gasteiger partial charge in [-0.3, -0.25) is 0 Å². The zero-order valence-corrected chi connectivity index (χ0v) is 21.4. The molecule has 0 spiro atoms. The van der Waals surface area contributed by atoms with E-state index in [0.717, 1.165) is 29.0 Å². The van der Waals surface area contributed by atoms with Gasteiger partial charge < -0.3 is 19.4 Å². The third-order valence-corrected chi connectivity index (χ3v) is 7.88. The Hall–Kier alpha value is -3.92. The van der Waals surface area contributed by atoms with Crippen LogP contribution in [0.25, 0.3) is 43.6 Å². The molecule has 4 aromatic carbocycles. The molecule has 4 heteroatoms. The molecule has 0 bridgehead atoms. The second-order valence-corrected chi connectivity index (χ2v) is 10.9. The number of benzene rings is 4. The Kier molecular flexibility index (Phi) is 4.33. The first-order valence-corrected chi connectivity index (χ1v) is 12.7. The summed E-state index contributed by atoms with van der Waals surface area (Å²) in [6.45, 7) is 8.71. The largest absolute Gasteiger partial charge is 0.495 e. The van der Waals surface area contributed by atoms with Gasteiger partial charge in [0, 0.05) is 38.5 Å². The lowest BCUT2D eigenvalue weighted by Crippen LogP contribution is -2.35. The predicted molar refractivity (Wildman–Crippen MR) is 149 cm³/mol. The summed E-state index contributed by atoms with van der Waals surface area (Å²) in [6, 6.07) is 21.9. The molecule has 0 saturated carbocycles. The highest BCUT2D eigenvalue weighted by molar-refractivity contribution is 6.12. The Labute approximate surface area is 210 Å². The topological polar surface area (TPSA) is 50.0 Å². The van der Waals surface area contributed by atoms with Gasteiger partial charge in [0.05, 0.1) is 23.7 Å². The molecule has 0 amide bonds. The zero-order chi connectivity index (χ0) is 24.8. The highest BCUT2D eigenvalue weighted by Gasteiger charge is 2.38. The van der Waals surface area contributed by atoms with E-state index in [1.54, 1.807) is 7.11 Å². The van der Waals surface area contributed by atoms with E-state index in [4.69, 9.17) is 9.47 Å². The molecule has 0 unspecified atom stereocenters. The van der Waals surface area contributed by atoms with Crippen molar-refractivity contribution in [3.05, 3.63) is 82.9 Å². The van der Waals surface area contributed by atoms with Crippen molar-refractivity contribution in [3.8, 4) is 11.5 Å². The minimum Gasteiger partial charge on any atom is -0.495 e. The fraction of sp³-hybridized carbons (Fsp3) is 0.250. The molecule has 6 aromatic rings. The molecule has 0 aliphatic carbocycles. The van der Waals surface area contributed by atoms with Gasteiger partial charge in [-0.25, -0.2) is 0 Å². The molecular formula is C32H30N2O2. The van der Waals surface area contributed by atoms with Crippen LogP contribution >= 0.6 is 0 Å². The van der Waals surface area contributed by atoms with Crippen molar-refractivity contribution >= 4 is 43.6 Å². The number of aryl methyl sites for hydroxylation is 2. The summed E-state index contributed by atoms with van der Waals surface area (Å²) in [6.07, 6.45) is 0.887. The molecule has 0 fully saturated rings. The molecule has 2 aromatic heterocycles. The molecule has 1 aliphatic rings. The summed E-state index contributed by atoms with van der Waals surface area (Å²) >= 11 is 0. The maximum Gasteiger partial charge on any atom is 0.143 e. The van der Waals surface area contributed by atoms with Gasteiger partial charge in [0.1, 0.15) is 17.1 Å². The van der Waals surface area contributed by atoms with Crippen LogP contribution in [0.2, 0.25) is 0 Å². The SMILES string of the molecule is COc1cc(C)cc2c1[nH]c1c([C@H]3CC(C)(C)Oc4c(C)cc5c([nH]c6ccccc65)c43)cccc12. The van der Waals surface area contributed by atoms with Gasteiger partial charge in [0.15, 0.2) is 0 Å². The summed E-state index contributed by atoms with van der Waals surface area (Å²) in [5, 5.41) is 4.95. The molecule has 3 heterocycles. The minimum absolute atomic E-state index is 0.170. The van der Waals surface area contributed by atoms with Crippen LogP contribution in [0, 0.1) is 13.8 Å². The van der Waals surface area contributed by atoms with Gasteiger partial charge in [-0.1, -0.05) is 36.4 Å². The zero-order valence-electron chi connectivity index (χ0n) is 21.4. The summed E-state index contributed by atoms with van der Waals surface area (Å²) in [5.41, 5.74) is 9.21. The lowest BCUT2D eigenvalue weighted by Gasteiger charge is -2.39. The van der Waals surface area contributed by atoms with E-state index in [1.165, 1.54) is 54.8 Å². The Morgan fingerprint density at radius 1 is 0.833 bits per heavy atom. The highest BCUT2D eigenvalue weighted by atomic mass is 16.5. The van der Waals surface area contributed by atoms with Crippen LogP contribution in [0.4, 0.5) is 0 Å². The number of hydrogen-bond donors (Lipinski definition) is 2. The van der Waals surface area contributed by atoms with Gasteiger partial charge in [-0.2, -0.15) is 0 Å². The lowest BCUT2D eigenvalue weighted by atomic mass is 9.78. The van der Waals surface area contributed by atoms with Gasteiger partial charge in [0.25, 0.3) is 0 Å². The molecule has 2 N–H and O–H groups in total. The molecular weight excluding hydrogens is 444 g/mol. The van der Waals surface area contributed by atoms with Gasteiger partial charge >= 0.3 is 0 Å². The quantitative estimate of drug-likeness (QED) is 0.265. The average molecular weight is 475 g/mol. The summed E-state index contributed by atoms with van der Waals surface area (Å²) < 4.78 is 12.4. The fourth-order valence-electron chi connectivity index (χ4n) is 6.38. The monoisotopic (exact) mass is 474 g/mol. The first kappa shape index (κ1) is 21.4. The summed E-state index contributed by atoms with van der Waals surface area (Å²) in [5.74, 6) is 2.06. The molecule has 0 radical (unpaired) electrons. The van der Waals surface area contributed by atoms with Crippen LogP contribution < -0.4 is 9.47 Å². The third kappa shape index (κ3) is 2.94. The second-order valence-electron chi connectivity index (χ2n) is 10.9. The lowest BCUT2D eigenvalue weighted by molar-refractivity contribution is 0.0773. The van der Waals surface area contributed by atoms with Crippen LogP contribution in [-0.2, 0) is 0 Å². The Bertz CT molecular complexity index is 1840. The van der Waals surface area contributed by atoms with Crippen molar-refractivity contribution in [1.82, 2.24) is 9.97 Å². The maximum atomic E-state index is 6.68. The van der Waals surface area contributed by atoms with Crippen molar-refractivity contribution in [1.29, 1.82) is 0 Å². The van der Waals surface area contributed by atoms with Crippen molar-refractivity contribution in [2.75, 3.05) is 7.11 Å². The average Bonchev–Trinajstić information content (AvgIpc) is 3.41. The van der Waals surface area contributed by atoms with E-state index in [1.807, 2.05) is 0 Å². The summed E-state index contributed by atoms with van der Waals surface area (Å²) in [4.78, 5) is 7.51. The number of methoxy groups -OCH3 is 1. The highest BCUT2D eigenvalue weighted by Crippen LogP contribution is 2.51. The van der Waals surface area contributed by atoms with Crippen molar-refractivity contribution in [2.24, 2.45) is 0 Å². The Morgan fingerprint density at radius 3 is 2.44 bits per heavy atom. The second kappa shape index (κ2) is 7.30. The van der Waals surface area contributed by atoms with E-state index in [-0.39, 0.29) is 11.5 Å². The molecule has 4 nitrogen and oxygen atoms in total. The standard InChI is InChI=1S/C32H30N2O2/c1-17-13-22-20-10-8-11-21(28(20)34-29(22)26(14-17)35-5)24-16-32(3,4)36-31-18(2)15-23-19-9-6-7-12-25(19)33-30(23)27(24)31/h6-15,24,33-34H,16H2,1-5H3/t24-/m1/s1. The molecule has 36 heavy (non-hydrogen) atoms. The van der Waals surface area contributed by atoms with E-state index in [2.05, 4.69) is 98.3 Å². The number of hydrogen-bond acceptors (Lipinski definition) is 2. The Morgan fingerprint density at radius 2 is 1.61 bits per heavy atom.